The van der Waals surface area contributed by atoms with Crippen LogP contribution in [0, 0.1) is 0 Å². The van der Waals surface area contributed by atoms with Crippen molar-refractivity contribution in [3.05, 3.63) is 26.4 Å². The summed E-state index contributed by atoms with van der Waals surface area (Å²) in [7, 11) is 4.26. The first kappa shape index (κ1) is 11.2. The molecule has 0 fully saturated rings. The van der Waals surface area contributed by atoms with Crippen LogP contribution < -0.4 is 11.2 Å². The Morgan fingerprint density at radius 2 is 1.80 bits per heavy atom. The van der Waals surface area contributed by atoms with Gasteiger partial charge in [0.1, 0.15) is 5.56 Å². The molecular formula is C9H13N3O3. The van der Waals surface area contributed by atoms with Gasteiger partial charge in [-0.2, -0.15) is 0 Å². The van der Waals surface area contributed by atoms with Crippen molar-refractivity contribution in [3.63, 3.8) is 0 Å². The fraction of sp³-hybridized carbons (Fsp3) is 0.444. The molecule has 0 radical (unpaired) electrons. The molecule has 6 nitrogen and oxygen atoms in total. The van der Waals surface area contributed by atoms with Crippen LogP contribution in [0.15, 0.2) is 14.6 Å². The first-order valence-electron chi connectivity index (χ1n) is 4.34. The first-order chi connectivity index (χ1) is 6.91. The molecule has 0 aromatic carbocycles. The van der Waals surface area contributed by atoms with Gasteiger partial charge in [0.2, 0.25) is 5.88 Å². The van der Waals surface area contributed by atoms with Gasteiger partial charge >= 0.3 is 5.69 Å². The smallest absolute Gasteiger partial charge is 0.333 e. The normalized spacial score (nSPS) is 11.9. The number of aromatic nitrogens is 2. The second-order valence-corrected chi connectivity index (χ2v) is 3.21. The Labute approximate surface area is 86.1 Å². The highest BCUT2D eigenvalue weighted by atomic mass is 16.3. The van der Waals surface area contributed by atoms with Gasteiger partial charge in [-0.15, -0.1) is 0 Å². The number of aliphatic imine (C=N–C) groups is 1. The predicted octanol–water partition coefficient (Wildman–Crippen LogP) is -0.772. The SMILES string of the molecule is CN=C(C)c1c(O)n(C)c(=O)n(C)c1=O. The molecule has 0 aliphatic heterocycles. The highest BCUT2D eigenvalue weighted by Crippen LogP contribution is 2.09. The van der Waals surface area contributed by atoms with Crippen LogP contribution in [0.5, 0.6) is 5.88 Å². The van der Waals surface area contributed by atoms with Gasteiger partial charge in [-0.1, -0.05) is 0 Å². The molecule has 0 aliphatic rings. The highest BCUT2D eigenvalue weighted by Gasteiger charge is 2.16. The summed E-state index contributed by atoms with van der Waals surface area (Å²) in [6.07, 6.45) is 0. The van der Waals surface area contributed by atoms with Gasteiger partial charge in [-0.25, -0.2) is 4.79 Å². The summed E-state index contributed by atoms with van der Waals surface area (Å²) in [6.45, 7) is 1.60. The van der Waals surface area contributed by atoms with Crippen LogP contribution in [-0.2, 0) is 14.1 Å². The van der Waals surface area contributed by atoms with Crippen LogP contribution in [0.4, 0.5) is 0 Å². The van der Waals surface area contributed by atoms with E-state index in [-0.39, 0.29) is 11.4 Å². The number of hydrogen-bond donors (Lipinski definition) is 1. The summed E-state index contributed by atoms with van der Waals surface area (Å²) in [4.78, 5) is 26.9. The van der Waals surface area contributed by atoms with E-state index in [1.807, 2.05) is 0 Å². The fourth-order valence-electron chi connectivity index (χ4n) is 1.26. The molecule has 1 N–H and O–H groups in total. The van der Waals surface area contributed by atoms with E-state index >= 15 is 0 Å². The van der Waals surface area contributed by atoms with E-state index < -0.39 is 11.2 Å². The maximum atomic E-state index is 11.7. The zero-order valence-corrected chi connectivity index (χ0v) is 9.11. The molecule has 6 heteroatoms. The summed E-state index contributed by atoms with van der Waals surface area (Å²) in [5.41, 5.74) is -0.658. The molecular weight excluding hydrogens is 198 g/mol. The van der Waals surface area contributed by atoms with Gasteiger partial charge in [0.05, 0.1) is 0 Å². The van der Waals surface area contributed by atoms with Gasteiger partial charge in [-0.3, -0.25) is 18.9 Å². The standard InChI is InChI=1S/C9H13N3O3/c1-5(10-2)6-7(13)11(3)9(15)12(4)8(6)14/h13H,1-4H3. The van der Waals surface area contributed by atoms with Crippen LogP contribution in [0.25, 0.3) is 0 Å². The van der Waals surface area contributed by atoms with Crippen LogP contribution in [-0.4, -0.2) is 27.0 Å². The Balaban J connectivity index is 3.84. The molecule has 0 saturated carbocycles. The van der Waals surface area contributed by atoms with Gasteiger partial charge in [-0.05, 0) is 6.92 Å². The molecule has 1 heterocycles. The molecule has 0 bridgehead atoms. The van der Waals surface area contributed by atoms with Crippen molar-refractivity contribution in [2.75, 3.05) is 7.05 Å². The predicted molar refractivity (Wildman–Crippen MR) is 56.7 cm³/mol. The number of nitrogens with zero attached hydrogens (tertiary/aromatic N) is 3. The van der Waals surface area contributed by atoms with Gasteiger partial charge < -0.3 is 5.11 Å². The minimum atomic E-state index is -0.565. The second-order valence-electron chi connectivity index (χ2n) is 3.21. The molecule has 0 unspecified atom stereocenters. The van der Waals surface area contributed by atoms with Crippen molar-refractivity contribution in [1.82, 2.24) is 9.13 Å². The zero-order valence-electron chi connectivity index (χ0n) is 9.11. The van der Waals surface area contributed by atoms with Crippen LogP contribution in [0.2, 0.25) is 0 Å². The molecule has 15 heavy (non-hydrogen) atoms. The quantitative estimate of drug-likeness (QED) is 0.619. The zero-order chi connectivity index (χ0) is 11.7. The van der Waals surface area contributed by atoms with Gasteiger partial charge in [0.25, 0.3) is 5.56 Å². The van der Waals surface area contributed by atoms with E-state index in [4.69, 9.17) is 0 Å². The monoisotopic (exact) mass is 211 g/mol. The summed E-state index contributed by atoms with van der Waals surface area (Å²) in [5, 5.41) is 9.65. The molecule has 0 aliphatic carbocycles. The summed E-state index contributed by atoms with van der Waals surface area (Å²) in [6, 6.07) is 0. The third-order valence-electron chi connectivity index (χ3n) is 2.33. The van der Waals surface area contributed by atoms with E-state index in [1.54, 1.807) is 6.92 Å². The molecule has 1 aromatic heterocycles. The van der Waals surface area contributed by atoms with E-state index in [2.05, 4.69) is 4.99 Å². The molecule has 0 amide bonds. The minimum absolute atomic E-state index is 0.0575. The number of hydrogen-bond acceptors (Lipinski definition) is 4. The van der Waals surface area contributed by atoms with Crippen LogP contribution in [0.3, 0.4) is 0 Å². The minimum Gasteiger partial charge on any atom is -0.494 e. The lowest BCUT2D eigenvalue weighted by Gasteiger charge is -2.09. The summed E-state index contributed by atoms with van der Waals surface area (Å²) in [5.74, 6) is -0.355. The van der Waals surface area contributed by atoms with Crippen molar-refractivity contribution in [1.29, 1.82) is 0 Å². The average Bonchev–Trinajstić information content (AvgIpc) is 2.23. The molecule has 0 spiro atoms. The largest absolute Gasteiger partial charge is 0.494 e. The first-order valence-corrected chi connectivity index (χ1v) is 4.34. The van der Waals surface area contributed by atoms with Crippen molar-refractivity contribution in [2.24, 2.45) is 19.1 Å². The van der Waals surface area contributed by atoms with Gasteiger partial charge in [0.15, 0.2) is 0 Å². The molecule has 0 atom stereocenters. The fourth-order valence-corrected chi connectivity index (χ4v) is 1.26. The second kappa shape index (κ2) is 3.72. The molecule has 82 valence electrons. The lowest BCUT2D eigenvalue weighted by molar-refractivity contribution is 0.410. The maximum absolute atomic E-state index is 11.7. The number of rotatable bonds is 1. The molecule has 0 saturated heterocycles. The van der Waals surface area contributed by atoms with E-state index in [0.29, 0.717) is 5.71 Å². The third-order valence-corrected chi connectivity index (χ3v) is 2.33. The average molecular weight is 211 g/mol. The lowest BCUT2D eigenvalue weighted by Crippen LogP contribution is -2.39. The van der Waals surface area contributed by atoms with Crippen molar-refractivity contribution >= 4 is 5.71 Å². The Bertz CT molecular complexity index is 537. The summed E-state index contributed by atoms with van der Waals surface area (Å²) >= 11 is 0. The lowest BCUT2D eigenvalue weighted by atomic mass is 10.2. The van der Waals surface area contributed by atoms with E-state index in [0.717, 1.165) is 9.13 Å². The van der Waals surface area contributed by atoms with Crippen LogP contribution in [0.1, 0.15) is 12.5 Å². The van der Waals surface area contributed by atoms with E-state index in [1.165, 1.54) is 21.1 Å². The summed E-state index contributed by atoms with van der Waals surface area (Å²) < 4.78 is 1.94. The Kier molecular flexibility index (Phi) is 2.78. The Morgan fingerprint density at radius 3 is 2.27 bits per heavy atom. The Hall–Kier alpha value is -1.85. The van der Waals surface area contributed by atoms with Crippen molar-refractivity contribution in [2.45, 2.75) is 6.92 Å². The van der Waals surface area contributed by atoms with Crippen LogP contribution >= 0.6 is 0 Å². The van der Waals surface area contributed by atoms with Gasteiger partial charge in [0, 0.05) is 26.9 Å². The maximum Gasteiger partial charge on any atom is 0.333 e. The topological polar surface area (TPSA) is 76.6 Å². The van der Waals surface area contributed by atoms with Crippen molar-refractivity contribution < 1.29 is 5.11 Å². The van der Waals surface area contributed by atoms with Crippen molar-refractivity contribution in [3.8, 4) is 5.88 Å². The molecule has 1 aromatic rings. The third kappa shape index (κ3) is 1.58. The Morgan fingerprint density at radius 1 is 1.27 bits per heavy atom. The molecule has 1 rings (SSSR count). The van der Waals surface area contributed by atoms with E-state index in [9.17, 15) is 14.7 Å². The number of aromatic hydroxyl groups is 1. The highest BCUT2D eigenvalue weighted by molar-refractivity contribution is 6.00.